The fourth-order valence-corrected chi connectivity index (χ4v) is 4.74. The lowest BCUT2D eigenvalue weighted by molar-refractivity contribution is -0.156. The molecule has 0 spiro atoms. The molecule has 1 aromatic rings. The van der Waals surface area contributed by atoms with Gasteiger partial charge >= 0.3 is 0 Å². The maximum absolute atomic E-state index is 13.4. The Kier molecular flexibility index (Phi) is 5.32. The minimum absolute atomic E-state index is 0.0302. The number of aromatic nitrogens is 1. The molecular weight excluding hydrogens is 314 g/mol. The van der Waals surface area contributed by atoms with E-state index in [0.29, 0.717) is 18.6 Å². The van der Waals surface area contributed by atoms with Crippen molar-refractivity contribution < 1.29 is 9.53 Å². The van der Waals surface area contributed by atoms with Gasteiger partial charge in [-0.1, -0.05) is 19.3 Å². The van der Waals surface area contributed by atoms with Gasteiger partial charge in [-0.15, -0.1) is 0 Å². The number of amides is 1. The number of ether oxygens (including phenoxy) is 1. The molecule has 0 N–H and O–H groups in total. The van der Waals surface area contributed by atoms with E-state index in [1.165, 1.54) is 24.8 Å². The molecule has 3 atom stereocenters. The predicted octanol–water partition coefficient (Wildman–Crippen LogP) is 2.61. The minimum atomic E-state index is 0.0302. The van der Waals surface area contributed by atoms with E-state index in [1.807, 2.05) is 12.4 Å². The number of hydrogen-bond donors (Lipinski definition) is 0. The number of rotatable bonds is 3. The van der Waals surface area contributed by atoms with Crippen molar-refractivity contribution >= 4 is 5.91 Å². The minimum Gasteiger partial charge on any atom is -0.374 e. The Morgan fingerprint density at radius 1 is 1.08 bits per heavy atom. The van der Waals surface area contributed by atoms with Crippen LogP contribution in [0.1, 0.15) is 50.5 Å². The molecule has 1 amide bonds. The Bertz CT molecular complexity index is 578. The zero-order chi connectivity index (χ0) is 17.1. The standard InChI is InChI=1S/C20H29N3O2/c24-20(23-13-14-25-19-7-2-1-5-17(19)23)18-6-3-4-12-22(18)15-16-8-10-21-11-9-16/h8-11,17-19H,1-7,12-15H2/t17-,18+,19-/m1/s1. The van der Waals surface area contributed by atoms with Gasteiger partial charge in [0.05, 0.1) is 24.8 Å². The van der Waals surface area contributed by atoms with Crippen molar-refractivity contribution in [2.24, 2.45) is 0 Å². The Labute approximate surface area is 150 Å². The lowest BCUT2D eigenvalue weighted by Gasteiger charge is -2.46. The zero-order valence-corrected chi connectivity index (χ0v) is 15.0. The molecule has 1 aromatic heterocycles. The van der Waals surface area contributed by atoms with Crippen LogP contribution in [0.25, 0.3) is 0 Å². The predicted molar refractivity (Wildman–Crippen MR) is 96.0 cm³/mol. The first-order chi connectivity index (χ1) is 12.3. The van der Waals surface area contributed by atoms with Crippen LogP contribution in [0.5, 0.6) is 0 Å². The number of carbonyl (C=O) groups is 1. The van der Waals surface area contributed by atoms with Crippen LogP contribution in [-0.4, -0.2) is 58.6 Å². The van der Waals surface area contributed by atoms with Crippen molar-refractivity contribution in [3.63, 3.8) is 0 Å². The van der Waals surface area contributed by atoms with Gasteiger partial charge in [-0.3, -0.25) is 14.7 Å². The maximum Gasteiger partial charge on any atom is 0.240 e. The smallest absolute Gasteiger partial charge is 0.240 e. The summed E-state index contributed by atoms with van der Waals surface area (Å²) < 4.78 is 5.96. The van der Waals surface area contributed by atoms with Crippen LogP contribution >= 0.6 is 0 Å². The SMILES string of the molecule is O=C([C@@H]1CCCCN1Cc1ccncc1)N1CCO[C@@H]2CCCC[C@H]21. The zero-order valence-electron chi connectivity index (χ0n) is 15.0. The van der Waals surface area contributed by atoms with E-state index in [0.717, 1.165) is 45.3 Å². The molecule has 136 valence electrons. The second-order valence-electron chi connectivity index (χ2n) is 7.63. The van der Waals surface area contributed by atoms with E-state index in [1.54, 1.807) is 0 Å². The molecular formula is C20H29N3O2. The van der Waals surface area contributed by atoms with E-state index in [9.17, 15) is 4.79 Å². The third-order valence-electron chi connectivity index (χ3n) is 6.05. The van der Waals surface area contributed by atoms with Crippen LogP contribution in [-0.2, 0) is 16.1 Å². The van der Waals surface area contributed by atoms with Gasteiger partial charge in [0.2, 0.25) is 5.91 Å². The van der Waals surface area contributed by atoms with Gasteiger partial charge in [0.1, 0.15) is 0 Å². The maximum atomic E-state index is 13.4. The Morgan fingerprint density at radius 3 is 2.76 bits per heavy atom. The van der Waals surface area contributed by atoms with Crippen molar-refractivity contribution in [2.75, 3.05) is 19.7 Å². The summed E-state index contributed by atoms with van der Waals surface area (Å²) in [6.45, 7) is 3.32. The first kappa shape index (κ1) is 17.0. The molecule has 0 radical (unpaired) electrons. The second-order valence-corrected chi connectivity index (χ2v) is 7.63. The highest BCUT2D eigenvalue weighted by Gasteiger charge is 2.40. The van der Waals surface area contributed by atoms with Crippen molar-refractivity contribution in [1.29, 1.82) is 0 Å². The summed E-state index contributed by atoms with van der Waals surface area (Å²) >= 11 is 0. The van der Waals surface area contributed by atoms with Crippen molar-refractivity contribution in [1.82, 2.24) is 14.8 Å². The normalized spacial score (nSPS) is 30.7. The molecule has 2 saturated heterocycles. The fraction of sp³-hybridized carbons (Fsp3) is 0.700. The van der Waals surface area contributed by atoms with Crippen molar-refractivity contribution in [3.05, 3.63) is 30.1 Å². The first-order valence-corrected chi connectivity index (χ1v) is 9.88. The molecule has 3 heterocycles. The van der Waals surface area contributed by atoms with Gasteiger partial charge in [0.25, 0.3) is 0 Å². The molecule has 3 aliphatic rings. The molecule has 1 aliphatic carbocycles. The monoisotopic (exact) mass is 343 g/mol. The van der Waals surface area contributed by atoms with Gasteiger partial charge in [-0.05, 0) is 49.9 Å². The van der Waals surface area contributed by atoms with Gasteiger partial charge < -0.3 is 9.64 Å². The molecule has 4 rings (SSSR count). The van der Waals surface area contributed by atoms with Crippen LogP contribution in [0.3, 0.4) is 0 Å². The van der Waals surface area contributed by atoms with E-state index >= 15 is 0 Å². The van der Waals surface area contributed by atoms with E-state index < -0.39 is 0 Å². The third-order valence-corrected chi connectivity index (χ3v) is 6.05. The molecule has 2 aliphatic heterocycles. The largest absolute Gasteiger partial charge is 0.374 e. The quantitative estimate of drug-likeness (QED) is 0.846. The van der Waals surface area contributed by atoms with Gasteiger partial charge in [-0.2, -0.15) is 0 Å². The lowest BCUT2D eigenvalue weighted by atomic mass is 9.89. The number of morpholine rings is 1. The molecule has 5 nitrogen and oxygen atoms in total. The number of fused-ring (bicyclic) bond motifs is 1. The summed E-state index contributed by atoms with van der Waals surface area (Å²) in [6.07, 6.45) is 11.9. The Hall–Kier alpha value is -1.46. The Balaban J connectivity index is 1.48. The van der Waals surface area contributed by atoms with E-state index in [-0.39, 0.29) is 12.1 Å². The van der Waals surface area contributed by atoms with Crippen LogP contribution < -0.4 is 0 Å². The number of carbonyl (C=O) groups excluding carboxylic acids is 1. The molecule has 0 unspecified atom stereocenters. The van der Waals surface area contributed by atoms with Gasteiger partial charge in [-0.25, -0.2) is 0 Å². The summed E-state index contributed by atoms with van der Waals surface area (Å²) in [5.74, 6) is 0.342. The average Bonchev–Trinajstić information content (AvgIpc) is 2.68. The number of piperidine rings is 1. The molecule has 0 bridgehead atoms. The topological polar surface area (TPSA) is 45.7 Å². The van der Waals surface area contributed by atoms with E-state index in [4.69, 9.17) is 4.74 Å². The lowest BCUT2D eigenvalue weighted by Crippen LogP contribution is -2.60. The second kappa shape index (κ2) is 7.83. The highest BCUT2D eigenvalue weighted by atomic mass is 16.5. The van der Waals surface area contributed by atoms with Gasteiger partial charge in [0, 0.05) is 25.5 Å². The highest BCUT2D eigenvalue weighted by molar-refractivity contribution is 5.82. The highest BCUT2D eigenvalue weighted by Crippen LogP contribution is 2.30. The summed E-state index contributed by atoms with van der Waals surface area (Å²) in [5, 5.41) is 0. The molecule has 5 heteroatoms. The van der Waals surface area contributed by atoms with Crippen LogP contribution in [0.15, 0.2) is 24.5 Å². The summed E-state index contributed by atoms with van der Waals surface area (Å²) in [4.78, 5) is 22.1. The molecule has 1 saturated carbocycles. The van der Waals surface area contributed by atoms with Crippen molar-refractivity contribution in [2.45, 2.75) is 69.7 Å². The summed E-state index contributed by atoms with van der Waals surface area (Å²) in [6, 6.07) is 4.45. The fourth-order valence-electron chi connectivity index (χ4n) is 4.74. The molecule has 0 aromatic carbocycles. The molecule has 25 heavy (non-hydrogen) atoms. The number of pyridine rings is 1. The first-order valence-electron chi connectivity index (χ1n) is 9.88. The number of likely N-dealkylation sites (tertiary alicyclic amines) is 1. The Morgan fingerprint density at radius 2 is 1.88 bits per heavy atom. The van der Waals surface area contributed by atoms with E-state index in [2.05, 4.69) is 26.9 Å². The van der Waals surface area contributed by atoms with Crippen LogP contribution in [0, 0.1) is 0 Å². The van der Waals surface area contributed by atoms with Crippen LogP contribution in [0.2, 0.25) is 0 Å². The van der Waals surface area contributed by atoms with Gasteiger partial charge in [0.15, 0.2) is 0 Å². The molecule has 3 fully saturated rings. The third kappa shape index (κ3) is 3.72. The number of nitrogens with zero attached hydrogens (tertiary/aromatic N) is 3. The summed E-state index contributed by atoms with van der Waals surface area (Å²) in [5.41, 5.74) is 1.24. The van der Waals surface area contributed by atoms with Crippen LogP contribution in [0.4, 0.5) is 0 Å². The van der Waals surface area contributed by atoms with Crippen molar-refractivity contribution in [3.8, 4) is 0 Å². The average molecular weight is 343 g/mol. The number of hydrogen-bond acceptors (Lipinski definition) is 4. The summed E-state index contributed by atoms with van der Waals surface area (Å²) in [7, 11) is 0.